The zero-order chi connectivity index (χ0) is 21.7. The van der Waals surface area contributed by atoms with Gasteiger partial charge in [-0.2, -0.15) is 13.2 Å². The highest BCUT2D eigenvalue weighted by atomic mass is 32.2. The van der Waals surface area contributed by atoms with Gasteiger partial charge >= 0.3 is 6.18 Å². The van der Waals surface area contributed by atoms with Crippen LogP contribution in [0.25, 0.3) is 16.9 Å². The third-order valence-corrected chi connectivity index (χ3v) is 4.71. The second-order valence-corrected chi connectivity index (χ2v) is 7.06. The van der Waals surface area contributed by atoms with Crippen molar-refractivity contribution >= 4 is 28.3 Å². The molecule has 1 atom stereocenters. The molecule has 0 saturated heterocycles. The van der Waals surface area contributed by atoms with Crippen LogP contribution < -0.4 is 20.9 Å². The molecule has 6 N–H and O–H groups in total. The summed E-state index contributed by atoms with van der Waals surface area (Å²) in [5, 5.41) is 0. The Morgan fingerprint density at radius 2 is 2.10 bits per heavy atom. The Morgan fingerprint density at radius 3 is 2.83 bits per heavy atom. The fourth-order valence-corrected chi connectivity index (χ4v) is 3.29. The summed E-state index contributed by atoms with van der Waals surface area (Å²) in [5.41, 5.74) is 14.3. The van der Waals surface area contributed by atoms with Crippen LogP contribution in [0.1, 0.15) is 5.56 Å². The fraction of sp³-hybridized carbons (Fsp3) is 0.111. The van der Waals surface area contributed by atoms with E-state index in [-0.39, 0.29) is 5.84 Å². The van der Waals surface area contributed by atoms with Gasteiger partial charge in [-0.05, 0) is 24.3 Å². The first kappa shape index (κ1) is 21.3. The number of rotatable bonds is 7. The number of alkyl halides is 3. The van der Waals surface area contributed by atoms with Crippen molar-refractivity contribution in [3.8, 4) is 11.3 Å². The van der Waals surface area contributed by atoms with Crippen molar-refractivity contribution in [2.45, 2.75) is 6.18 Å². The second kappa shape index (κ2) is 8.97. The molecule has 158 valence electrons. The summed E-state index contributed by atoms with van der Waals surface area (Å²) in [6.45, 7) is -1.37. The highest BCUT2D eigenvalue weighted by Crippen LogP contribution is 2.24. The summed E-state index contributed by atoms with van der Waals surface area (Å²) >= 11 is -2.09. The Balaban J connectivity index is 1.82. The van der Waals surface area contributed by atoms with E-state index in [4.69, 9.17) is 11.5 Å². The van der Waals surface area contributed by atoms with E-state index in [1.807, 2.05) is 9.12 Å². The molecule has 0 aliphatic carbocycles. The van der Waals surface area contributed by atoms with Gasteiger partial charge in [0, 0.05) is 35.4 Å². The topological polar surface area (TPSA) is 123 Å². The minimum atomic E-state index is -4.46. The Kier molecular flexibility index (Phi) is 6.37. The number of nitrogens with zero attached hydrogens (tertiary/aromatic N) is 3. The van der Waals surface area contributed by atoms with Crippen molar-refractivity contribution < 1.29 is 17.4 Å². The molecule has 0 saturated carbocycles. The maximum absolute atomic E-state index is 12.2. The van der Waals surface area contributed by atoms with Crippen LogP contribution in [0.15, 0.2) is 66.2 Å². The predicted molar refractivity (Wildman–Crippen MR) is 111 cm³/mol. The van der Waals surface area contributed by atoms with Gasteiger partial charge in [0.15, 0.2) is 11.2 Å². The number of nitrogens with two attached hydrogens (primary N) is 2. The molecule has 0 amide bonds. The maximum Gasteiger partial charge on any atom is 0.402 e. The molecule has 0 radical (unpaired) electrons. The van der Waals surface area contributed by atoms with E-state index in [9.17, 15) is 17.4 Å². The van der Waals surface area contributed by atoms with Crippen LogP contribution in [0, 0.1) is 0 Å². The molecule has 2 heterocycles. The number of fused-ring (bicyclic) bond motifs is 1. The molecule has 0 fully saturated rings. The molecule has 0 aliphatic rings. The van der Waals surface area contributed by atoms with Gasteiger partial charge in [-0.15, -0.1) is 0 Å². The lowest BCUT2D eigenvalue weighted by Crippen LogP contribution is -2.33. The smallest absolute Gasteiger partial charge is 0.402 e. The molecule has 0 spiro atoms. The van der Waals surface area contributed by atoms with Crippen LogP contribution >= 0.6 is 0 Å². The van der Waals surface area contributed by atoms with Crippen LogP contribution in [0.4, 0.5) is 18.9 Å². The molecule has 0 bridgehead atoms. The zero-order valence-corrected chi connectivity index (χ0v) is 16.2. The third kappa shape index (κ3) is 5.36. The number of aliphatic imine (C=N–C) groups is 1. The highest BCUT2D eigenvalue weighted by Gasteiger charge is 2.27. The van der Waals surface area contributed by atoms with Gasteiger partial charge < -0.3 is 11.5 Å². The average Bonchev–Trinajstić information content (AvgIpc) is 3.13. The monoisotopic (exact) mass is 437 g/mol. The molecule has 0 aliphatic heterocycles. The quantitative estimate of drug-likeness (QED) is 0.334. The summed E-state index contributed by atoms with van der Waals surface area (Å²) in [6, 6.07) is 10.3. The molecule has 8 nitrogen and oxygen atoms in total. The average molecular weight is 437 g/mol. The van der Waals surface area contributed by atoms with Crippen molar-refractivity contribution in [1.29, 1.82) is 0 Å². The van der Waals surface area contributed by atoms with Gasteiger partial charge in [-0.1, -0.05) is 12.1 Å². The standard InChI is InChI=1S/C18H18F3N7OS/c19-18(20,21)11-26-30(29)27-14-3-1-2-12(8-14)15-10-25-16-9-13(4-7-28(15)16)17(23)24-6-5-22/h1-10,26-27H,11,22H2,(H2,23,24)/b6-5-. The molecule has 3 rings (SSSR count). The van der Waals surface area contributed by atoms with Gasteiger partial charge in [0.2, 0.25) is 0 Å². The molecule has 3 aromatic rings. The molecule has 30 heavy (non-hydrogen) atoms. The summed E-state index contributed by atoms with van der Waals surface area (Å²) in [6.07, 6.45) is 1.60. The largest absolute Gasteiger partial charge is 0.403 e. The van der Waals surface area contributed by atoms with Crippen molar-refractivity contribution in [2.24, 2.45) is 16.5 Å². The fourth-order valence-electron chi connectivity index (χ4n) is 2.58. The first-order valence-electron chi connectivity index (χ1n) is 8.53. The number of anilines is 1. The Bertz CT molecular complexity index is 1120. The van der Waals surface area contributed by atoms with Crippen molar-refractivity contribution in [3.63, 3.8) is 0 Å². The van der Waals surface area contributed by atoms with E-state index in [0.29, 0.717) is 16.9 Å². The summed E-state index contributed by atoms with van der Waals surface area (Å²) in [5.74, 6) is 0.281. The molecule has 2 aromatic heterocycles. The summed E-state index contributed by atoms with van der Waals surface area (Å²) in [4.78, 5) is 8.35. The highest BCUT2D eigenvalue weighted by molar-refractivity contribution is 7.84. The number of hydrogen-bond donors (Lipinski definition) is 4. The number of hydrogen-bond acceptors (Lipinski definition) is 4. The first-order chi connectivity index (χ1) is 14.3. The van der Waals surface area contributed by atoms with E-state index < -0.39 is 23.9 Å². The zero-order valence-electron chi connectivity index (χ0n) is 15.4. The molecule has 1 aromatic carbocycles. The van der Waals surface area contributed by atoms with Crippen LogP contribution in [-0.4, -0.2) is 32.2 Å². The number of halogens is 3. The lowest BCUT2D eigenvalue weighted by Gasteiger charge is -2.10. The number of aromatic nitrogens is 2. The molecule has 12 heteroatoms. The van der Waals surface area contributed by atoms with Crippen LogP contribution in [0.3, 0.4) is 0 Å². The minimum absolute atomic E-state index is 0.281. The molecular weight excluding hydrogens is 419 g/mol. The Morgan fingerprint density at radius 1 is 1.30 bits per heavy atom. The SMILES string of the molecule is N/C=C\N=C(N)c1ccn2c(-c3cccc(NS(=O)NCC(F)(F)F)c3)cnc2c1. The summed E-state index contributed by atoms with van der Waals surface area (Å²) < 4.78 is 54.7. The predicted octanol–water partition coefficient (Wildman–Crippen LogP) is 2.28. The minimum Gasteiger partial charge on any atom is -0.403 e. The van der Waals surface area contributed by atoms with E-state index in [2.05, 4.69) is 14.7 Å². The van der Waals surface area contributed by atoms with Crippen molar-refractivity contribution in [3.05, 3.63) is 66.8 Å². The van der Waals surface area contributed by atoms with Crippen LogP contribution in [-0.2, 0) is 11.2 Å². The Labute approximate surface area is 172 Å². The maximum atomic E-state index is 12.2. The number of imidazole rings is 1. The van der Waals surface area contributed by atoms with E-state index in [1.165, 1.54) is 12.4 Å². The first-order valence-corrected chi connectivity index (χ1v) is 9.68. The van der Waals surface area contributed by atoms with Crippen LogP contribution in [0.5, 0.6) is 0 Å². The van der Waals surface area contributed by atoms with Crippen molar-refractivity contribution in [1.82, 2.24) is 14.1 Å². The molecule has 1 unspecified atom stereocenters. The lowest BCUT2D eigenvalue weighted by molar-refractivity contribution is -0.121. The van der Waals surface area contributed by atoms with Crippen molar-refractivity contribution in [2.75, 3.05) is 11.3 Å². The van der Waals surface area contributed by atoms with E-state index in [0.717, 1.165) is 11.3 Å². The normalized spacial score (nSPS) is 13.8. The van der Waals surface area contributed by atoms with Gasteiger partial charge in [0.1, 0.15) is 18.0 Å². The number of nitrogens with one attached hydrogen (secondary N) is 2. The molecular formula is C18H18F3N7OS. The number of benzene rings is 1. The van der Waals surface area contributed by atoms with Gasteiger partial charge in [0.05, 0.1) is 11.9 Å². The number of pyridine rings is 1. The van der Waals surface area contributed by atoms with E-state index >= 15 is 0 Å². The van der Waals surface area contributed by atoms with E-state index in [1.54, 1.807) is 48.8 Å². The third-order valence-electron chi connectivity index (χ3n) is 3.88. The van der Waals surface area contributed by atoms with Gasteiger partial charge in [-0.25, -0.2) is 18.9 Å². The number of amidine groups is 1. The lowest BCUT2D eigenvalue weighted by atomic mass is 10.1. The van der Waals surface area contributed by atoms with Crippen LogP contribution in [0.2, 0.25) is 0 Å². The summed E-state index contributed by atoms with van der Waals surface area (Å²) in [7, 11) is 0. The second-order valence-electron chi connectivity index (χ2n) is 6.03. The Hall–Kier alpha value is -3.38. The van der Waals surface area contributed by atoms with Gasteiger partial charge in [-0.3, -0.25) is 9.12 Å². The van der Waals surface area contributed by atoms with Gasteiger partial charge in [0.25, 0.3) is 0 Å².